The van der Waals surface area contributed by atoms with Crippen LogP contribution in [0.1, 0.15) is 26.4 Å². The lowest BCUT2D eigenvalue weighted by Gasteiger charge is -2.10. The summed E-state index contributed by atoms with van der Waals surface area (Å²) in [5.41, 5.74) is -0.332. The van der Waals surface area contributed by atoms with E-state index in [1.54, 1.807) is 30.3 Å². The number of rotatable bonds is 6. The molecule has 2 aromatic carbocycles. The molecule has 0 spiro atoms. The molecule has 1 heterocycles. The lowest BCUT2D eigenvalue weighted by Crippen LogP contribution is -2.17. The first-order valence-corrected chi connectivity index (χ1v) is 8.27. The van der Waals surface area contributed by atoms with Crippen LogP contribution in [-0.2, 0) is 0 Å². The van der Waals surface area contributed by atoms with Crippen molar-refractivity contribution in [2.24, 2.45) is 0 Å². The molecule has 0 unspecified atom stereocenters. The zero-order chi connectivity index (χ0) is 20.3. The lowest BCUT2D eigenvalue weighted by molar-refractivity contribution is -0.386. The number of aromatic amines is 1. The summed E-state index contributed by atoms with van der Waals surface area (Å²) in [4.78, 5) is 35.8. The normalized spacial score (nSPS) is 10.4. The van der Waals surface area contributed by atoms with E-state index >= 15 is 0 Å². The molecule has 2 N–H and O–H groups in total. The highest BCUT2D eigenvalue weighted by Gasteiger charge is 2.30. The Labute approximate surface area is 163 Å². The molecule has 0 radical (unpaired) electrons. The Morgan fingerprint density at radius 3 is 2.57 bits per heavy atom. The minimum atomic E-state index is -0.855. The molecule has 0 saturated heterocycles. The monoisotopic (exact) mass is 400 g/mol. The van der Waals surface area contributed by atoms with Crippen LogP contribution < -0.4 is 10.1 Å². The molecule has 0 aliphatic carbocycles. The second-order valence-electron chi connectivity index (χ2n) is 5.55. The Morgan fingerprint density at radius 1 is 1.21 bits per heavy atom. The number of hydrogen-bond donors (Lipinski definition) is 2. The topological polar surface area (TPSA) is 127 Å². The molecule has 142 valence electrons. The number of nitro groups is 1. The molecule has 28 heavy (non-hydrogen) atoms. The molecule has 0 bridgehead atoms. The van der Waals surface area contributed by atoms with Crippen molar-refractivity contribution in [1.29, 1.82) is 0 Å². The Balaban J connectivity index is 1.98. The number of benzene rings is 2. The van der Waals surface area contributed by atoms with Crippen LogP contribution in [0.15, 0.2) is 48.5 Å². The van der Waals surface area contributed by atoms with Gasteiger partial charge in [0.2, 0.25) is 5.69 Å². The molecule has 1 amide bonds. The first kappa shape index (κ1) is 19.1. The number of methoxy groups -OCH3 is 1. The van der Waals surface area contributed by atoms with Gasteiger partial charge in [-0.25, -0.2) is 0 Å². The van der Waals surface area contributed by atoms with Gasteiger partial charge in [-0.15, -0.1) is 5.10 Å². The Bertz CT molecular complexity index is 1070. The van der Waals surface area contributed by atoms with E-state index in [1.807, 2.05) is 0 Å². The van der Waals surface area contributed by atoms with Gasteiger partial charge in [-0.1, -0.05) is 41.9 Å². The summed E-state index contributed by atoms with van der Waals surface area (Å²) in [5, 5.41) is 19.9. The van der Waals surface area contributed by atoms with Crippen molar-refractivity contribution in [1.82, 2.24) is 10.2 Å². The van der Waals surface area contributed by atoms with Gasteiger partial charge in [-0.2, -0.15) is 0 Å². The van der Waals surface area contributed by atoms with Crippen LogP contribution in [0.5, 0.6) is 5.88 Å². The first-order chi connectivity index (χ1) is 13.4. The summed E-state index contributed by atoms with van der Waals surface area (Å²) in [6, 6.07) is 12.8. The molecule has 3 aromatic rings. The van der Waals surface area contributed by atoms with Crippen molar-refractivity contribution in [3.05, 3.63) is 80.5 Å². The Hall–Kier alpha value is -3.72. The number of nitrogens with zero attached hydrogens (tertiary/aromatic N) is 2. The molecule has 0 atom stereocenters. The third-order valence-electron chi connectivity index (χ3n) is 3.82. The standard InChI is InChI=1S/C18H13ClN4O5/c1-28-18-15(23(26)27)14(21-22-18)17(25)20-13-8-7-11(19)9-12(13)16(24)10-5-3-2-4-6-10/h2-9H,1H3,(H,20,25)(H,21,22). The van der Waals surface area contributed by atoms with Crippen molar-refractivity contribution in [3.63, 3.8) is 0 Å². The van der Waals surface area contributed by atoms with Gasteiger partial charge in [-0.3, -0.25) is 24.8 Å². The van der Waals surface area contributed by atoms with E-state index in [9.17, 15) is 19.7 Å². The van der Waals surface area contributed by atoms with Crippen LogP contribution in [-0.4, -0.2) is 33.9 Å². The highest BCUT2D eigenvalue weighted by Crippen LogP contribution is 2.29. The fraction of sp³-hybridized carbons (Fsp3) is 0.0556. The van der Waals surface area contributed by atoms with Crippen molar-refractivity contribution < 1.29 is 19.2 Å². The largest absolute Gasteiger partial charge is 0.475 e. The number of nitrogens with one attached hydrogen (secondary N) is 2. The fourth-order valence-corrected chi connectivity index (χ4v) is 2.70. The summed E-state index contributed by atoms with van der Waals surface area (Å²) in [6.45, 7) is 0. The highest BCUT2D eigenvalue weighted by atomic mass is 35.5. The summed E-state index contributed by atoms with van der Waals surface area (Å²) < 4.78 is 4.79. The summed E-state index contributed by atoms with van der Waals surface area (Å²) in [7, 11) is 1.20. The molecule has 0 fully saturated rings. The van der Waals surface area contributed by atoms with Crippen LogP contribution >= 0.6 is 11.6 Å². The van der Waals surface area contributed by atoms with Crippen molar-refractivity contribution >= 4 is 34.7 Å². The number of hydrogen-bond acceptors (Lipinski definition) is 6. The number of aromatic nitrogens is 2. The maximum Gasteiger partial charge on any atom is 0.362 e. The highest BCUT2D eigenvalue weighted by molar-refractivity contribution is 6.31. The average Bonchev–Trinajstić information content (AvgIpc) is 3.14. The van der Waals surface area contributed by atoms with Crippen molar-refractivity contribution in [2.45, 2.75) is 0 Å². The number of carbonyl (C=O) groups excluding carboxylic acids is 2. The number of ether oxygens (including phenoxy) is 1. The average molecular weight is 401 g/mol. The number of H-pyrrole nitrogens is 1. The Kier molecular flexibility index (Phi) is 5.37. The zero-order valence-corrected chi connectivity index (χ0v) is 15.2. The second-order valence-corrected chi connectivity index (χ2v) is 5.99. The maximum absolute atomic E-state index is 12.8. The van der Waals surface area contributed by atoms with Gasteiger partial charge in [0.05, 0.1) is 17.7 Å². The van der Waals surface area contributed by atoms with Gasteiger partial charge in [0.15, 0.2) is 5.78 Å². The molecule has 0 aliphatic heterocycles. The minimum absolute atomic E-state index is 0.140. The third-order valence-corrected chi connectivity index (χ3v) is 4.06. The number of amides is 1. The first-order valence-electron chi connectivity index (χ1n) is 7.89. The van der Waals surface area contributed by atoms with Crippen molar-refractivity contribution in [3.8, 4) is 5.88 Å². The van der Waals surface area contributed by atoms with Gasteiger partial charge in [0.1, 0.15) is 0 Å². The Morgan fingerprint density at radius 2 is 1.93 bits per heavy atom. The molecule has 10 heteroatoms. The zero-order valence-electron chi connectivity index (χ0n) is 14.4. The van der Waals surface area contributed by atoms with Gasteiger partial charge in [-0.05, 0) is 18.2 Å². The van der Waals surface area contributed by atoms with Crippen molar-refractivity contribution in [2.75, 3.05) is 12.4 Å². The van der Waals surface area contributed by atoms with Crippen LogP contribution in [0.3, 0.4) is 0 Å². The van der Waals surface area contributed by atoms with E-state index in [2.05, 4.69) is 15.5 Å². The van der Waals surface area contributed by atoms with Crippen LogP contribution in [0.25, 0.3) is 0 Å². The van der Waals surface area contributed by atoms with E-state index in [0.29, 0.717) is 10.6 Å². The molecular formula is C18H13ClN4O5. The van der Waals surface area contributed by atoms with E-state index in [4.69, 9.17) is 16.3 Å². The second kappa shape index (κ2) is 7.89. The lowest BCUT2D eigenvalue weighted by atomic mass is 10.0. The van der Waals surface area contributed by atoms with Gasteiger partial charge in [0.25, 0.3) is 5.91 Å². The number of anilines is 1. The van der Waals surface area contributed by atoms with Crippen LogP contribution in [0.4, 0.5) is 11.4 Å². The summed E-state index contributed by atoms with van der Waals surface area (Å²) in [5.74, 6) is -1.55. The van der Waals surface area contributed by atoms with E-state index < -0.39 is 22.2 Å². The molecule has 0 aliphatic rings. The quantitative estimate of drug-likeness (QED) is 0.370. The molecule has 0 saturated carbocycles. The van der Waals surface area contributed by atoms with E-state index in [0.717, 1.165) is 0 Å². The molecular weight excluding hydrogens is 388 g/mol. The summed E-state index contributed by atoms with van der Waals surface area (Å²) >= 11 is 6.00. The maximum atomic E-state index is 12.8. The van der Waals surface area contributed by atoms with Crippen LogP contribution in [0, 0.1) is 10.1 Å². The van der Waals surface area contributed by atoms with Crippen LogP contribution in [0.2, 0.25) is 5.02 Å². The SMILES string of the molecule is COc1n[nH]c(C(=O)Nc2ccc(Cl)cc2C(=O)c2ccccc2)c1[N+](=O)[O-]. The predicted molar refractivity (Wildman–Crippen MR) is 101 cm³/mol. The van der Waals surface area contributed by atoms with Gasteiger partial charge < -0.3 is 10.1 Å². The van der Waals surface area contributed by atoms with E-state index in [-0.39, 0.29) is 22.9 Å². The molecule has 1 aromatic heterocycles. The number of ketones is 1. The van der Waals surface area contributed by atoms with Gasteiger partial charge >= 0.3 is 11.6 Å². The minimum Gasteiger partial charge on any atom is -0.475 e. The number of carbonyl (C=O) groups is 2. The summed E-state index contributed by atoms with van der Waals surface area (Å²) in [6.07, 6.45) is 0. The predicted octanol–water partition coefficient (Wildman–Crippen LogP) is 3.46. The smallest absolute Gasteiger partial charge is 0.362 e. The number of halogens is 1. The third kappa shape index (κ3) is 3.69. The van der Waals surface area contributed by atoms with E-state index in [1.165, 1.54) is 25.3 Å². The fourth-order valence-electron chi connectivity index (χ4n) is 2.53. The molecule has 3 rings (SSSR count). The van der Waals surface area contributed by atoms with Gasteiger partial charge in [0, 0.05) is 16.1 Å². The molecule has 9 nitrogen and oxygen atoms in total.